The van der Waals surface area contributed by atoms with E-state index < -0.39 is 0 Å². The largest absolute Gasteiger partial charge is 0.379 e. The van der Waals surface area contributed by atoms with Gasteiger partial charge < -0.3 is 15.0 Å². The van der Waals surface area contributed by atoms with Crippen LogP contribution in [0.2, 0.25) is 0 Å². The van der Waals surface area contributed by atoms with Crippen molar-refractivity contribution < 1.29 is 4.74 Å². The second kappa shape index (κ2) is 7.13. The minimum atomic E-state index is 0. The molecule has 1 spiro atoms. The van der Waals surface area contributed by atoms with Crippen LogP contribution in [0.3, 0.4) is 0 Å². The normalized spacial score (nSPS) is 25.8. The van der Waals surface area contributed by atoms with Crippen LogP contribution in [-0.2, 0) is 4.74 Å². The maximum absolute atomic E-state index is 9.05. The minimum Gasteiger partial charge on any atom is -0.379 e. The molecule has 21 heavy (non-hydrogen) atoms. The first kappa shape index (κ1) is 16.1. The predicted molar refractivity (Wildman–Crippen MR) is 86.0 cm³/mol. The first-order valence-corrected chi connectivity index (χ1v) is 7.35. The van der Waals surface area contributed by atoms with Crippen molar-refractivity contribution in [2.75, 3.05) is 44.3 Å². The lowest BCUT2D eigenvalue weighted by Gasteiger charge is -2.39. The molecule has 0 aromatic heterocycles. The van der Waals surface area contributed by atoms with Gasteiger partial charge in [-0.2, -0.15) is 5.26 Å². The maximum Gasteiger partial charge on any atom is 0.0992 e. The minimum absolute atomic E-state index is 0. The molecule has 4 nitrogen and oxygen atoms in total. The molecule has 0 radical (unpaired) electrons. The van der Waals surface area contributed by atoms with E-state index in [9.17, 15) is 0 Å². The number of halogens is 1. The molecule has 5 heteroatoms. The standard InChI is InChI=1S/C16H21N3O.ClH/c17-10-14-3-1-4-15(9-14)19-7-8-20-13-16(12-19)5-2-6-18-11-16;/h1,3-4,9,18H,2,5-8,11-13H2;1H. The van der Waals surface area contributed by atoms with Crippen LogP contribution in [-0.4, -0.2) is 39.4 Å². The fourth-order valence-corrected chi connectivity index (χ4v) is 3.27. The van der Waals surface area contributed by atoms with Gasteiger partial charge in [0.25, 0.3) is 0 Å². The molecule has 2 aliphatic rings. The number of benzene rings is 1. The van der Waals surface area contributed by atoms with E-state index in [4.69, 9.17) is 10.00 Å². The third-order valence-electron chi connectivity index (χ3n) is 4.34. The Morgan fingerprint density at radius 1 is 1.38 bits per heavy atom. The van der Waals surface area contributed by atoms with E-state index in [0.717, 1.165) is 50.6 Å². The molecule has 1 aromatic rings. The highest BCUT2D eigenvalue weighted by Gasteiger charge is 2.36. The van der Waals surface area contributed by atoms with Crippen molar-refractivity contribution in [1.29, 1.82) is 5.26 Å². The fraction of sp³-hybridized carbons (Fsp3) is 0.562. The van der Waals surface area contributed by atoms with Crippen molar-refractivity contribution in [3.63, 3.8) is 0 Å². The zero-order valence-electron chi connectivity index (χ0n) is 12.2. The molecule has 0 aliphatic carbocycles. The molecule has 2 fully saturated rings. The van der Waals surface area contributed by atoms with Gasteiger partial charge in [-0.3, -0.25) is 0 Å². The molecule has 114 valence electrons. The molecule has 0 bridgehead atoms. The van der Waals surface area contributed by atoms with Gasteiger partial charge in [-0.05, 0) is 37.6 Å². The van der Waals surface area contributed by atoms with Crippen LogP contribution in [0.5, 0.6) is 0 Å². The van der Waals surface area contributed by atoms with Gasteiger partial charge in [-0.25, -0.2) is 0 Å². The third-order valence-corrected chi connectivity index (χ3v) is 4.34. The average molecular weight is 308 g/mol. The average Bonchev–Trinajstić information content (AvgIpc) is 2.71. The molecular formula is C16H22ClN3O. The highest BCUT2D eigenvalue weighted by Crippen LogP contribution is 2.31. The lowest BCUT2D eigenvalue weighted by molar-refractivity contribution is 0.0536. The molecule has 2 aliphatic heterocycles. The summed E-state index contributed by atoms with van der Waals surface area (Å²) in [5.41, 5.74) is 2.08. The molecule has 1 atom stereocenters. The first-order valence-electron chi connectivity index (χ1n) is 7.35. The summed E-state index contributed by atoms with van der Waals surface area (Å²) in [7, 11) is 0. The molecule has 2 saturated heterocycles. The van der Waals surface area contributed by atoms with Crippen molar-refractivity contribution in [2.24, 2.45) is 5.41 Å². The van der Waals surface area contributed by atoms with E-state index in [1.807, 2.05) is 18.2 Å². The monoisotopic (exact) mass is 307 g/mol. The summed E-state index contributed by atoms with van der Waals surface area (Å²) in [5.74, 6) is 0. The molecule has 0 saturated carbocycles. The summed E-state index contributed by atoms with van der Waals surface area (Å²) in [5, 5.41) is 12.6. The van der Waals surface area contributed by atoms with Crippen molar-refractivity contribution in [3.8, 4) is 6.07 Å². The van der Waals surface area contributed by atoms with Gasteiger partial charge in [-0.1, -0.05) is 6.07 Å². The summed E-state index contributed by atoms with van der Waals surface area (Å²) < 4.78 is 5.85. The molecule has 1 aromatic carbocycles. The lowest BCUT2D eigenvalue weighted by Crippen LogP contribution is -2.48. The van der Waals surface area contributed by atoms with Crippen LogP contribution in [0.15, 0.2) is 24.3 Å². The Labute approximate surface area is 132 Å². The van der Waals surface area contributed by atoms with Crippen molar-refractivity contribution in [2.45, 2.75) is 12.8 Å². The van der Waals surface area contributed by atoms with E-state index in [1.54, 1.807) is 0 Å². The van der Waals surface area contributed by atoms with Crippen LogP contribution < -0.4 is 10.2 Å². The summed E-state index contributed by atoms with van der Waals surface area (Å²) in [4.78, 5) is 2.38. The zero-order valence-corrected chi connectivity index (χ0v) is 13.0. The Balaban J connectivity index is 0.00000161. The summed E-state index contributed by atoms with van der Waals surface area (Å²) >= 11 is 0. The number of anilines is 1. The van der Waals surface area contributed by atoms with Crippen LogP contribution >= 0.6 is 12.4 Å². The highest BCUT2D eigenvalue weighted by atomic mass is 35.5. The van der Waals surface area contributed by atoms with Crippen molar-refractivity contribution in [1.82, 2.24) is 5.32 Å². The first-order chi connectivity index (χ1) is 9.81. The summed E-state index contributed by atoms with van der Waals surface area (Å²) in [6, 6.07) is 10.1. The fourth-order valence-electron chi connectivity index (χ4n) is 3.27. The van der Waals surface area contributed by atoms with E-state index in [1.165, 1.54) is 12.8 Å². The van der Waals surface area contributed by atoms with Crippen LogP contribution in [0.4, 0.5) is 5.69 Å². The Bertz CT molecular complexity index is 508. The number of hydrogen-bond acceptors (Lipinski definition) is 4. The number of hydrogen-bond donors (Lipinski definition) is 1. The second-order valence-corrected chi connectivity index (χ2v) is 5.92. The van der Waals surface area contributed by atoms with E-state index in [-0.39, 0.29) is 17.8 Å². The molecular weight excluding hydrogens is 286 g/mol. The van der Waals surface area contributed by atoms with Crippen LogP contribution in [0, 0.1) is 16.7 Å². The van der Waals surface area contributed by atoms with Gasteiger partial charge in [0.15, 0.2) is 0 Å². The van der Waals surface area contributed by atoms with Crippen LogP contribution in [0.1, 0.15) is 18.4 Å². The van der Waals surface area contributed by atoms with E-state index >= 15 is 0 Å². The Morgan fingerprint density at radius 2 is 2.29 bits per heavy atom. The zero-order chi connectivity index (χ0) is 13.8. The number of ether oxygens (including phenoxy) is 1. The topological polar surface area (TPSA) is 48.3 Å². The SMILES string of the molecule is Cl.N#Cc1cccc(N2CCOCC3(CCCNC3)C2)c1. The van der Waals surface area contributed by atoms with Crippen molar-refractivity contribution in [3.05, 3.63) is 29.8 Å². The number of nitrogens with zero attached hydrogens (tertiary/aromatic N) is 2. The van der Waals surface area contributed by atoms with Crippen LogP contribution in [0.25, 0.3) is 0 Å². The predicted octanol–water partition coefficient (Wildman–Crippen LogP) is 2.19. The number of nitriles is 1. The third kappa shape index (κ3) is 3.68. The molecule has 2 heterocycles. The molecule has 1 unspecified atom stereocenters. The Kier molecular flexibility index (Phi) is 5.46. The second-order valence-electron chi connectivity index (χ2n) is 5.92. The number of rotatable bonds is 1. The number of nitrogens with one attached hydrogen (secondary N) is 1. The van der Waals surface area contributed by atoms with Gasteiger partial charge in [0.1, 0.15) is 0 Å². The maximum atomic E-state index is 9.05. The summed E-state index contributed by atoms with van der Waals surface area (Å²) in [6.45, 7) is 5.66. The molecule has 1 N–H and O–H groups in total. The van der Waals surface area contributed by atoms with Gasteiger partial charge in [0.2, 0.25) is 0 Å². The quantitative estimate of drug-likeness (QED) is 0.864. The van der Waals surface area contributed by atoms with Crippen molar-refractivity contribution >= 4 is 18.1 Å². The smallest absolute Gasteiger partial charge is 0.0992 e. The summed E-state index contributed by atoms with van der Waals surface area (Å²) in [6.07, 6.45) is 2.43. The van der Waals surface area contributed by atoms with Gasteiger partial charge in [-0.15, -0.1) is 12.4 Å². The van der Waals surface area contributed by atoms with Gasteiger partial charge in [0.05, 0.1) is 24.8 Å². The van der Waals surface area contributed by atoms with Gasteiger partial charge in [0, 0.05) is 30.7 Å². The molecule has 0 amide bonds. The lowest BCUT2D eigenvalue weighted by atomic mass is 9.81. The van der Waals surface area contributed by atoms with Gasteiger partial charge >= 0.3 is 0 Å². The Morgan fingerprint density at radius 3 is 3.05 bits per heavy atom. The molecule has 3 rings (SSSR count). The highest BCUT2D eigenvalue weighted by molar-refractivity contribution is 5.85. The van der Waals surface area contributed by atoms with E-state index in [2.05, 4.69) is 22.4 Å². The Hall–Kier alpha value is -1.28. The number of piperidine rings is 1. The van der Waals surface area contributed by atoms with E-state index in [0.29, 0.717) is 0 Å².